The molecular weight excluding hydrogens is 244 g/mol. The fraction of sp³-hybridized carbons (Fsp3) is 0.429. The third kappa shape index (κ3) is 2.93. The number of amides is 2. The quantitative estimate of drug-likeness (QED) is 0.832. The van der Waals surface area contributed by atoms with E-state index >= 15 is 0 Å². The Labute approximate surface area is 112 Å². The fourth-order valence-electron chi connectivity index (χ4n) is 2.26. The molecule has 2 rings (SSSR count). The lowest BCUT2D eigenvalue weighted by atomic mass is 10.1. The van der Waals surface area contributed by atoms with E-state index in [2.05, 4.69) is 17.2 Å². The Hall–Kier alpha value is -1.88. The Morgan fingerprint density at radius 2 is 2.32 bits per heavy atom. The number of aryl methyl sites for hydroxylation is 1. The first-order valence-corrected chi connectivity index (χ1v) is 6.37. The van der Waals surface area contributed by atoms with Crippen LogP contribution in [0.3, 0.4) is 0 Å². The molecule has 2 amide bonds. The van der Waals surface area contributed by atoms with Gasteiger partial charge in [0.25, 0.3) is 0 Å². The van der Waals surface area contributed by atoms with Crippen LogP contribution >= 0.6 is 0 Å². The molecule has 5 nitrogen and oxygen atoms in total. The number of anilines is 1. The number of hydrogen-bond acceptors (Lipinski definition) is 3. The first-order valence-electron chi connectivity index (χ1n) is 6.37. The van der Waals surface area contributed by atoms with Crippen molar-refractivity contribution >= 4 is 17.5 Å². The van der Waals surface area contributed by atoms with Gasteiger partial charge in [-0.05, 0) is 24.1 Å². The molecule has 1 aromatic rings. The summed E-state index contributed by atoms with van der Waals surface area (Å²) >= 11 is 0. The highest BCUT2D eigenvalue weighted by Crippen LogP contribution is 2.26. The summed E-state index contributed by atoms with van der Waals surface area (Å²) in [7, 11) is 1.39. The molecule has 5 heteroatoms. The number of rotatable bonds is 4. The first kappa shape index (κ1) is 13.5. The van der Waals surface area contributed by atoms with Crippen molar-refractivity contribution in [2.24, 2.45) is 5.92 Å². The predicted octanol–water partition coefficient (Wildman–Crippen LogP) is 1.28. The number of carbonyl (C=O) groups excluding carboxylic acids is 2. The maximum absolute atomic E-state index is 12.0. The summed E-state index contributed by atoms with van der Waals surface area (Å²) in [4.78, 5) is 29.9. The van der Waals surface area contributed by atoms with Crippen LogP contribution in [0.25, 0.3) is 0 Å². The van der Waals surface area contributed by atoms with E-state index in [0.29, 0.717) is 6.54 Å². The lowest BCUT2D eigenvalue weighted by Gasteiger charge is -2.17. The molecular formula is C14H18N2O3. The Balaban J connectivity index is 2.13. The zero-order valence-electron chi connectivity index (χ0n) is 11.2. The summed E-state index contributed by atoms with van der Waals surface area (Å²) in [6.07, 6.45) is 1.15. The Kier molecular flexibility index (Phi) is 4.16. The number of benzene rings is 1. The van der Waals surface area contributed by atoms with Crippen LogP contribution in [0.4, 0.5) is 5.69 Å². The minimum atomic E-state index is -0.349. The summed E-state index contributed by atoms with van der Waals surface area (Å²) in [5, 5.41) is 0. The zero-order chi connectivity index (χ0) is 13.8. The SMILES string of the molecule is CCc1cccc(N2CC(C(=O)NOC)CC2=O)c1. The van der Waals surface area contributed by atoms with Gasteiger partial charge in [-0.3, -0.25) is 14.4 Å². The highest BCUT2D eigenvalue weighted by atomic mass is 16.6. The zero-order valence-corrected chi connectivity index (χ0v) is 11.2. The van der Waals surface area contributed by atoms with Gasteiger partial charge in [0.15, 0.2) is 0 Å². The molecule has 0 bridgehead atoms. The average Bonchev–Trinajstić information content (AvgIpc) is 2.81. The Bertz CT molecular complexity index is 487. The molecule has 1 aliphatic heterocycles. The summed E-state index contributed by atoms with van der Waals surface area (Å²) in [6, 6.07) is 7.85. The van der Waals surface area contributed by atoms with E-state index in [1.807, 2.05) is 24.3 Å². The molecule has 0 aromatic heterocycles. The summed E-state index contributed by atoms with van der Waals surface area (Å²) in [6.45, 7) is 2.47. The number of carbonyl (C=O) groups is 2. The molecule has 1 N–H and O–H groups in total. The first-order chi connectivity index (χ1) is 9.15. The highest BCUT2D eigenvalue weighted by molar-refractivity contribution is 6.00. The third-order valence-electron chi connectivity index (χ3n) is 3.33. The van der Waals surface area contributed by atoms with Crippen molar-refractivity contribution in [1.82, 2.24) is 5.48 Å². The topological polar surface area (TPSA) is 58.6 Å². The van der Waals surface area contributed by atoms with Gasteiger partial charge < -0.3 is 4.90 Å². The molecule has 0 saturated carbocycles. The monoisotopic (exact) mass is 262 g/mol. The second kappa shape index (κ2) is 5.84. The smallest absolute Gasteiger partial charge is 0.248 e. The van der Waals surface area contributed by atoms with Crippen molar-refractivity contribution in [3.63, 3.8) is 0 Å². The normalized spacial score (nSPS) is 18.7. The van der Waals surface area contributed by atoms with Crippen LogP contribution in [0.2, 0.25) is 0 Å². The standard InChI is InChI=1S/C14H18N2O3/c1-3-10-5-4-6-12(7-10)16-9-11(8-13(16)17)14(18)15-19-2/h4-7,11H,3,8-9H2,1-2H3,(H,15,18). The van der Waals surface area contributed by atoms with Crippen LogP contribution in [0.1, 0.15) is 18.9 Å². The molecule has 0 radical (unpaired) electrons. The van der Waals surface area contributed by atoms with Crippen molar-refractivity contribution in [3.8, 4) is 0 Å². The van der Waals surface area contributed by atoms with Crippen molar-refractivity contribution in [1.29, 1.82) is 0 Å². The lowest BCUT2D eigenvalue weighted by Crippen LogP contribution is -2.32. The third-order valence-corrected chi connectivity index (χ3v) is 3.33. The van der Waals surface area contributed by atoms with Crippen LogP contribution in [0.15, 0.2) is 24.3 Å². The van der Waals surface area contributed by atoms with Gasteiger partial charge in [-0.15, -0.1) is 0 Å². The molecule has 19 heavy (non-hydrogen) atoms. The number of hydrogen-bond donors (Lipinski definition) is 1. The van der Waals surface area contributed by atoms with Gasteiger partial charge in [-0.2, -0.15) is 0 Å². The van der Waals surface area contributed by atoms with Gasteiger partial charge in [-0.1, -0.05) is 19.1 Å². The molecule has 0 spiro atoms. The number of nitrogens with one attached hydrogen (secondary N) is 1. The van der Waals surface area contributed by atoms with Gasteiger partial charge >= 0.3 is 0 Å². The van der Waals surface area contributed by atoms with Crippen LogP contribution in [-0.2, 0) is 20.8 Å². The second-order valence-corrected chi connectivity index (χ2v) is 4.60. The average molecular weight is 262 g/mol. The summed E-state index contributed by atoms with van der Waals surface area (Å²) in [5.41, 5.74) is 4.32. The second-order valence-electron chi connectivity index (χ2n) is 4.60. The largest absolute Gasteiger partial charge is 0.312 e. The maximum atomic E-state index is 12.0. The molecule has 1 heterocycles. The van der Waals surface area contributed by atoms with E-state index in [1.54, 1.807) is 4.90 Å². The van der Waals surface area contributed by atoms with Crippen LogP contribution in [0.5, 0.6) is 0 Å². The Morgan fingerprint density at radius 3 is 3.00 bits per heavy atom. The van der Waals surface area contributed by atoms with Gasteiger partial charge in [0.05, 0.1) is 13.0 Å². The van der Waals surface area contributed by atoms with E-state index in [1.165, 1.54) is 12.7 Å². The Morgan fingerprint density at radius 1 is 1.53 bits per heavy atom. The maximum Gasteiger partial charge on any atom is 0.248 e. The molecule has 1 saturated heterocycles. The van der Waals surface area contributed by atoms with Crippen molar-refractivity contribution in [2.75, 3.05) is 18.6 Å². The van der Waals surface area contributed by atoms with E-state index in [4.69, 9.17) is 0 Å². The fourth-order valence-corrected chi connectivity index (χ4v) is 2.26. The molecule has 1 fully saturated rings. The van der Waals surface area contributed by atoms with Gasteiger partial charge in [-0.25, -0.2) is 5.48 Å². The van der Waals surface area contributed by atoms with Gasteiger partial charge in [0.1, 0.15) is 0 Å². The highest BCUT2D eigenvalue weighted by Gasteiger charge is 2.35. The van der Waals surface area contributed by atoms with Gasteiger partial charge in [0.2, 0.25) is 11.8 Å². The molecule has 102 valence electrons. The predicted molar refractivity (Wildman–Crippen MR) is 71.4 cm³/mol. The van der Waals surface area contributed by atoms with Crippen LogP contribution in [0, 0.1) is 5.92 Å². The minimum absolute atomic E-state index is 0.0236. The molecule has 1 unspecified atom stereocenters. The molecule has 1 aromatic carbocycles. The van der Waals surface area contributed by atoms with E-state index < -0.39 is 0 Å². The van der Waals surface area contributed by atoms with Crippen LogP contribution < -0.4 is 10.4 Å². The van der Waals surface area contributed by atoms with Crippen molar-refractivity contribution in [3.05, 3.63) is 29.8 Å². The van der Waals surface area contributed by atoms with E-state index in [9.17, 15) is 9.59 Å². The van der Waals surface area contributed by atoms with Crippen molar-refractivity contribution in [2.45, 2.75) is 19.8 Å². The van der Waals surface area contributed by atoms with Crippen LogP contribution in [-0.4, -0.2) is 25.5 Å². The molecule has 1 aliphatic rings. The number of nitrogens with zero attached hydrogens (tertiary/aromatic N) is 1. The van der Waals surface area contributed by atoms with Gasteiger partial charge in [0, 0.05) is 18.7 Å². The lowest BCUT2D eigenvalue weighted by molar-refractivity contribution is -0.135. The van der Waals surface area contributed by atoms with E-state index in [-0.39, 0.29) is 24.2 Å². The molecule has 1 atom stereocenters. The summed E-state index contributed by atoms with van der Waals surface area (Å²) < 4.78 is 0. The van der Waals surface area contributed by atoms with Crippen molar-refractivity contribution < 1.29 is 14.4 Å². The minimum Gasteiger partial charge on any atom is -0.312 e. The van der Waals surface area contributed by atoms with E-state index in [0.717, 1.165) is 12.1 Å². The molecule has 0 aliphatic carbocycles. The number of hydroxylamine groups is 1. The summed E-state index contributed by atoms with van der Waals surface area (Å²) in [5.74, 6) is -0.618.